The maximum absolute atomic E-state index is 11.6. The second-order valence-corrected chi connectivity index (χ2v) is 4.39. The van der Waals surface area contributed by atoms with Crippen molar-refractivity contribution in [2.45, 2.75) is 19.8 Å². The van der Waals surface area contributed by atoms with Gasteiger partial charge < -0.3 is 4.74 Å². The smallest absolute Gasteiger partial charge is 0.338 e. The van der Waals surface area contributed by atoms with Gasteiger partial charge in [0, 0.05) is 4.91 Å². The molecule has 1 aromatic rings. The predicted octanol–water partition coefficient (Wildman–Crippen LogP) is 3.86. The summed E-state index contributed by atoms with van der Waals surface area (Å²) in [7, 11) is 0. The van der Waals surface area contributed by atoms with E-state index in [1.165, 1.54) is 0 Å². The second kappa shape index (κ2) is 7.77. The number of carbonyl (C=O) groups is 1. The monoisotopic (exact) mass is 262 g/mol. The van der Waals surface area contributed by atoms with Crippen molar-refractivity contribution in [2.24, 2.45) is 0 Å². The van der Waals surface area contributed by atoms with Gasteiger partial charge in [0.05, 0.1) is 12.2 Å². The minimum absolute atomic E-state index is 0.290. The summed E-state index contributed by atoms with van der Waals surface area (Å²) in [6.45, 7) is 6.19. The predicted molar refractivity (Wildman–Crippen MR) is 78.4 cm³/mol. The fraction of sp³-hybridized carbons (Fsp3) is 0.267. The summed E-state index contributed by atoms with van der Waals surface area (Å²) in [6.07, 6.45) is 3.66. The highest BCUT2D eigenvalue weighted by atomic mass is 32.1. The van der Waals surface area contributed by atoms with Gasteiger partial charge in [0.25, 0.3) is 0 Å². The van der Waals surface area contributed by atoms with E-state index in [1.54, 1.807) is 6.08 Å². The minimum Gasteiger partial charge on any atom is -0.462 e. The molecule has 0 atom stereocenters. The first-order valence-corrected chi connectivity index (χ1v) is 6.42. The zero-order valence-corrected chi connectivity index (χ0v) is 11.5. The van der Waals surface area contributed by atoms with Crippen LogP contribution in [-0.4, -0.2) is 12.6 Å². The molecule has 0 heterocycles. The molecule has 0 fully saturated rings. The summed E-state index contributed by atoms with van der Waals surface area (Å²) in [5.74, 6) is -0.402. The molecule has 0 saturated heterocycles. The first-order valence-electron chi connectivity index (χ1n) is 5.97. The molecule has 3 heteroatoms. The Morgan fingerprint density at radius 2 is 2.06 bits per heavy atom. The van der Waals surface area contributed by atoms with Gasteiger partial charge in [-0.05, 0) is 18.1 Å². The van der Waals surface area contributed by atoms with Crippen molar-refractivity contribution < 1.29 is 9.53 Å². The van der Waals surface area contributed by atoms with E-state index in [4.69, 9.17) is 4.74 Å². The SMILES string of the molecule is C=C(C(=O)OCCCC)C(S)=Cc1ccccc1. The third-order valence-corrected chi connectivity index (χ3v) is 2.79. The third-order valence-electron chi connectivity index (χ3n) is 2.39. The lowest BCUT2D eigenvalue weighted by molar-refractivity contribution is -0.138. The highest BCUT2D eigenvalue weighted by Gasteiger charge is 2.10. The van der Waals surface area contributed by atoms with Crippen molar-refractivity contribution in [3.8, 4) is 0 Å². The number of ether oxygens (including phenoxy) is 1. The van der Waals surface area contributed by atoms with E-state index in [0.29, 0.717) is 17.1 Å². The average Bonchev–Trinajstić information content (AvgIpc) is 2.39. The topological polar surface area (TPSA) is 26.3 Å². The van der Waals surface area contributed by atoms with Gasteiger partial charge in [-0.2, -0.15) is 0 Å². The first kappa shape index (κ1) is 14.6. The van der Waals surface area contributed by atoms with E-state index < -0.39 is 5.97 Å². The van der Waals surface area contributed by atoms with Gasteiger partial charge in [0.2, 0.25) is 0 Å². The second-order valence-electron chi connectivity index (χ2n) is 3.91. The molecule has 0 N–H and O–H groups in total. The molecule has 96 valence electrons. The summed E-state index contributed by atoms with van der Waals surface area (Å²) < 4.78 is 5.07. The molecule has 1 rings (SSSR count). The van der Waals surface area contributed by atoms with Crippen LogP contribution in [0, 0.1) is 0 Å². The number of esters is 1. The quantitative estimate of drug-likeness (QED) is 0.277. The van der Waals surface area contributed by atoms with E-state index in [2.05, 4.69) is 19.2 Å². The number of rotatable bonds is 6. The number of hydrogen-bond acceptors (Lipinski definition) is 3. The molecule has 0 radical (unpaired) electrons. The van der Waals surface area contributed by atoms with Crippen molar-refractivity contribution in [1.82, 2.24) is 0 Å². The van der Waals surface area contributed by atoms with E-state index >= 15 is 0 Å². The van der Waals surface area contributed by atoms with Crippen LogP contribution < -0.4 is 0 Å². The van der Waals surface area contributed by atoms with Crippen molar-refractivity contribution in [3.63, 3.8) is 0 Å². The van der Waals surface area contributed by atoms with Crippen LogP contribution in [-0.2, 0) is 9.53 Å². The van der Waals surface area contributed by atoms with Crippen molar-refractivity contribution in [1.29, 1.82) is 0 Å². The van der Waals surface area contributed by atoms with Crippen LogP contribution in [0.1, 0.15) is 25.3 Å². The molecule has 18 heavy (non-hydrogen) atoms. The van der Waals surface area contributed by atoms with Crippen LogP contribution in [0.25, 0.3) is 6.08 Å². The molecule has 0 aliphatic carbocycles. The summed E-state index contributed by atoms with van der Waals surface area (Å²) in [6, 6.07) is 9.66. The van der Waals surface area contributed by atoms with Gasteiger partial charge in [-0.3, -0.25) is 0 Å². The van der Waals surface area contributed by atoms with Crippen molar-refractivity contribution in [2.75, 3.05) is 6.61 Å². The van der Waals surface area contributed by atoms with E-state index in [9.17, 15) is 4.79 Å². The van der Waals surface area contributed by atoms with Gasteiger partial charge in [-0.15, -0.1) is 12.6 Å². The zero-order valence-electron chi connectivity index (χ0n) is 10.6. The Bertz CT molecular complexity index is 435. The molecule has 0 amide bonds. The van der Waals surface area contributed by atoms with Crippen LogP contribution in [0.5, 0.6) is 0 Å². The molecule has 0 aromatic heterocycles. The van der Waals surface area contributed by atoms with Gasteiger partial charge >= 0.3 is 5.97 Å². The van der Waals surface area contributed by atoms with Gasteiger partial charge in [0.1, 0.15) is 0 Å². The van der Waals surface area contributed by atoms with Gasteiger partial charge in [0.15, 0.2) is 0 Å². The Balaban J connectivity index is 2.61. The normalized spacial score (nSPS) is 11.1. The van der Waals surface area contributed by atoms with E-state index in [-0.39, 0.29) is 0 Å². The lowest BCUT2D eigenvalue weighted by Gasteiger charge is -2.06. The van der Waals surface area contributed by atoms with E-state index in [1.807, 2.05) is 37.3 Å². The van der Waals surface area contributed by atoms with Crippen LogP contribution >= 0.6 is 12.6 Å². The molecule has 0 bridgehead atoms. The number of thiol groups is 1. The van der Waals surface area contributed by atoms with Gasteiger partial charge in [-0.25, -0.2) is 4.79 Å². The standard InChI is InChI=1S/C15H18O2S/c1-3-4-10-17-15(16)12(2)14(18)11-13-8-6-5-7-9-13/h5-9,11,18H,2-4,10H2,1H3. The summed E-state index contributed by atoms with van der Waals surface area (Å²) in [5, 5.41) is 0. The Morgan fingerprint density at radius 1 is 1.39 bits per heavy atom. The third kappa shape index (κ3) is 4.80. The van der Waals surface area contributed by atoms with Crippen molar-refractivity contribution in [3.05, 3.63) is 53.0 Å². The molecule has 0 saturated carbocycles. The van der Waals surface area contributed by atoms with Crippen LogP contribution in [0.4, 0.5) is 0 Å². The molecular formula is C15H18O2S. The summed E-state index contributed by atoms with van der Waals surface area (Å²) >= 11 is 4.28. The number of unbranched alkanes of at least 4 members (excludes halogenated alkanes) is 1. The van der Waals surface area contributed by atoms with Crippen LogP contribution in [0.15, 0.2) is 47.4 Å². The number of benzene rings is 1. The molecule has 0 aliphatic rings. The minimum atomic E-state index is -0.402. The lowest BCUT2D eigenvalue weighted by atomic mass is 10.1. The molecular weight excluding hydrogens is 244 g/mol. The highest BCUT2D eigenvalue weighted by molar-refractivity contribution is 7.85. The molecule has 1 aromatic carbocycles. The maximum Gasteiger partial charge on any atom is 0.338 e. The van der Waals surface area contributed by atoms with Crippen LogP contribution in [0.3, 0.4) is 0 Å². The van der Waals surface area contributed by atoms with E-state index in [0.717, 1.165) is 18.4 Å². The highest BCUT2D eigenvalue weighted by Crippen LogP contribution is 2.18. The Morgan fingerprint density at radius 3 is 2.67 bits per heavy atom. The molecule has 2 nitrogen and oxygen atoms in total. The number of hydrogen-bond donors (Lipinski definition) is 1. The average molecular weight is 262 g/mol. The van der Waals surface area contributed by atoms with Gasteiger partial charge in [-0.1, -0.05) is 50.3 Å². The Hall–Kier alpha value is -1.48. The molecule has 0 spiro atoms. The first-order chi connectivity index (χ1) is 8.65. The largest absolute Gasteiger partial charge is 0.462 e. The summed E-state index contributed by atoms with van der Waals surface area (Å²) in [4.78, 5) is 12.2. The lowest BCUT2D eigenvalue weighted by Crippen LogP contribution is -2.08. The molecule has 0 aliphatic heterocycles. The van der Waals surface area contributed by atoms with Crippen LogP contribution in [0.2, 0.25) is 0 Å². The fourth-order valence-corrected chi connectivity index (χ4v) is 1.54. The zero-order chi connectivity index (χ0) is 13.4. The summed E-state index contributed by atoms with van der Waals surface area (Å²) in [5.41, 5.74) is 1.27. The maximum atomic E-state index is 11.6. The number of carbonyl (C=O) groups excluding carboxylic acids is 1. The molecule has 0 unspecified atom stereocenters. The Kier molecular flexibility index (Phi) is 6.29. The van der Waals surface area contributed by atoms with Crippen molar-refractivity contribution >= 4 is 24.7 Å². The fourth-order valence-electron chi connectivity index (χ4n) is 1.30. The Labute approximate surface area is 114 Å².